The molecule has 2 fully saturated rings. The highest BCUT2D eigenvalue weighted by atomic mass is 16.5. The smallest absolute Gasteiger partial charge is 0.325 e. The van der Waals surface area contributed by atoms with Crippen LogP contribution < -0.4 is 5.32 Å². The summed E-state index contributed by atoms with van der Waals surface area (Å²) in [6, 6.07) is 1.27. The zero-order chi connectivity index (χ0) is 14.6. The van der Waals surface area contributed by atoms with Crippen LogP contribution in [0.3, 0.4) is 0 Å². The van der Waals surface area contributed by atoms with Gasteiger partial charge in [0.15, 0.2) is 0 Å². The Morgan fingerprint density at radius 3 is 2.65 bits per heavy atom. The fraction of sp³-hybridized carbons (Fsp3) is 0.938. The summed E-state index contributed by atoms with van der Waals surface area (Å²) in [5.74, 6) is -0.112. The van der Waals surface area contributed by atoms with Gasteiger partial charge in [-0.3, -0.25) is 10.1 Å². The van der Waals surface area contributed by atoms with Gasteiger partial charge in [-0.25, -0.2) is 0 Å². The second-order valence-corrected chi connectivity index (χ2v) is 6.73. The molecule has 2 unspecified atom stereocenters. The summed E-state index contributed by atoms with van der Waals surface area (Å²) in [6.07, 6.45) is 8.18. The van der Waals surface area contributed by atoms with Gasteiger partial charge in [0, 0.05) is 12.1 Å². The third-order valence-electron chi connectivity index (χ3n) is 4.80. The zero-order valence-electron chi connectivity index (χ0n) is 13.3. The van der Waals surface area contributed by atoms with Crippen molar-refractivity contribution in [2.24, 2.45) is 0 Å². The van der Waals surface area contributed by atoms with Gasteiger partial charge in [-0.1, -0.05) is 0 Å². The highest BCUT2D eigenvalue weighted by molar-refractivity contribution is 5.80. The lowest BCUT2D eigenvalue weighted by Gasteiger charge is -2.28. The van der Waals surface area contributed by atoms with Crippen LogP contribution in [0.5, 0.6) is 0 Å². The second kappa shape index (κ2) is 6.90. The largest absolute Gasteiger partial charge is 0.468 e. The summed E-state index contributed by atoms with van der Waals surface area (Å²) in [5, 5.41) is 3.47. The van der Waals surface area contributed by atoms with Gasteiger partial charge in [0.25, 0.3) is 0 Å². The predicted octanol–water partition coefficient (Wildman–Crippen LogP) is 2.32. The van der Waals surface area contributed by atoms with E-state index in [1.54, 1.807) is 0 Å². The number of carbonyl (C=O) groups excluding carboxylic acids is 1. The Balaban J connectivity index is 1.72. The summed E-state index contributed by atoms with van der Waals surface area (Å²) in [7, 11) is 1.49. The highest BCUT2D eigenvalue weighted by Crippen LogP contribution is 2.26. The summed E-state index contributed by atoms with van der Waals surface area (Å²) in [5.41, 5.74) is -0.494. The Morgan fingerprint density at radius 2 is 2.10 bits per heavy atom. The summed E-state index contributed by atoms with van der Waals surface area (Å²) in [4.78, 5) is 14.6. The van der Waals surface area contributed by atoms with Crippen LogP contribution in [-0.4, -0.2) is 48.7 Å². The number of methoxy groups -OCH3 is 1. The molecule has 0 radical (unpaired) electrons. The van der Waals surface area contributed by atoms with Gasteiger partial charge in [0.05, 0.1) is 7.11 Å². The van der Waals surface area contributed by atoms with Gasteiger partial charge in [-0.15, -0.1) is 0 Å². The summed E-state index contributed by atoms with van der Waals surface area (Å²) >= 11 is 0. The van der Waals surface area contributed by atoms with Crippen molar-refractivity contribution < 1.29 is 9.53 Å². The van der Waals surface area contributed by atoms with E-state index in [9.17, 15) is 4.79 Å². The van der Waals surface area contributed by atoms with Crippen LogP contribution in [0, 0.1) is 0 Å². The maximum Gasteiger partial charge on any atom is 0.325 e. The molecule has 1 heterocycles. The first-order valence-electron chi connectivity index (χ1n) is 8.15. The van der Waals surface area contributed by atoms with Crippen molar-refractivity contribution in [2.45, 2.75) is 76.4 Å². The molecule has 0 aromatic heterocycles. The molecule has 0 amide bonds. The summed E-state index contributed by atoms with van der Waals surface area (Å²) < 4.78 is 4.98. The molecule has 20 heavy (non-hydrogen) atoms. The number of hydrogen-bond donors (Lipinski definition) is 1. The van der Waals surface area contributed by atoms with Crippen LogP contribution in [0.15, 0.2) is 0 Å². The van der Waals surface area contributed by atoms with Gasteiger partial charge in [0.1, 0.15) is 5.54 Å². The van der Waals surface area contributed by atoms with Crippen LogP contribution in [0.25, 0.3) is 0 Å². The fourth-order valence-electron chi connectivity index (χ4n) is 3.25. The van der Waals surface area contributed by atoms with Crippen LogP contribution >= 0.6 is 0 Å². The maximum atomic E-state index is 12.0. The first-order chi connectivity index (χ1) is 9.55. The minimum Gasteiger partial charge on any atom is -0.468 e. The number of unbranched alkanes of at least 4 members (excludes halogenated alkanes) is 1. The number of ether oxygens (including phenoxy) is 1. The average molecular weight is 282 g/mol. The van der Waals surface area contributed by atoms with E-state index in [0.717, 1.165) is 18.9 Å². The molecule has 1 aliphatic heterocycles. The topological polar surface area (TPSA) is 41.6 Å². The predicted molar refractivity (Wildman–Crippen MR) is 80.7 cm³/mol. The monoisotopic (exact) mass is 282 g/mol. The molecule has 2 atom stereocenters. The van der Waals surface area contributed by atoms with Crippen LogP contribution in [0.2, 0.25) is 0 Å². The molecule has 2 aliphatic rings. The van der Waals surface area contributed by atoms with E-state index in [-0.39, 0.29) is 5.97 Å². The molecule has 0 bridgehead atoms. The third kappa shape index (κ3) is 4.19. The Kier molecular flexibility index (Phi) is 5.44. The van der Waals surface area contributed by atoms with E-state index in [1.165, 1.54) is 52.3 Å². The van der Waals surface area contributed by atoms with Crippen molar-refractivity contribution in [1.29, 1.82) is 0 Å². The number of esters is 1. The van der Waals surface area contributed by atoms with E-state index >= 15 is 0 Å². The molecule has 2 rings (SSSR count). The van der Waals surface area contributed by atoms with E-state index < -0.39 is 5.54 Å². The number of likely N-dealkylation sites (tertiary alicyclic amines) is 1. The van der Waals surface area contributed by atoms with E-state index in [0.29, 0.717) is 6.04 Å². The van der Waals surface area contributed by atoms with Gasteiger partial charge < -0.3 is 9.64 Å². The van der Waals surface area contributed by atoms with Gasteiger partial charge in [-0.2, -0.15) is 0 Å². The number of nitrogens with one attached hydrogen (secondary N) is 1. The average Bonchev–Trinajstić information content (AvgIpc) is 3.14. The van der Waals surface area contributed by atoms with Crippen molar-refractivity contribution in [1.82, 2.24) is 10.2 Å². The number of carbonyl (C=O) groups is 1. The molecule has 116 valence electrons. The molecular formula is C16H30N2O2. The SMILES string of the molecule is COC(=O)C(C)(CCCCN1CCCC1C)NC1CC1. The minimum absolute atomic E-state index is 0.112. The van der Waals surface area contributed by atoms with Crippen molar-refractivity contribution in [3.05, 3.63) is 0 Å². The van der Waals surface area contributed by atoms with Crippen LogP contribution in [0.4, 0.5) is 0 Å². The minimum atomic E-state index is -0.494. The lowest BCUT2D eigenvalue weighted by molar-refractivity contribution is -0.148. The quantitative estimate of drug-likeness (QED) is 0.548. The molecule has 1 N–H and O–H groups in total. The van der Waals surface area contributed by atoms with Crippen molar-refractivity contribution >= 4 is 5.97 Å². The van der Waals surface area contributed by atoms with E-state index in [4.69, 9.17) is 4.74 Å². The normalized spacial score (nSPS) is 26.4. The van der Waals surface area contributed by atoms with E-state index in [2.05, 4.69) is 17.1 Å². The molecule has 1 saturated heterocycles. The Hall–Kier alpha value is -0.610. The molecule has 1 aliphatic carbocycles. The molecule has 4 heteroatoms. The van der Waals surface area contributed by atoms with Crippen molar-refractivity contribution in [3.63, 3.8) is 0 Å². The van der Waals surface area contributed by atoms with Gasteiger partial charge in [-0.05, 0) is 71.9 Å². The third-order valence-corrected chi connectivity index (χ3v) is 4.80. The number of hydrogen-bond acceptors (Lipinski definition) is 4. The molecular weight excluding hydrogens is 252 g/mol. The molecule has 0 spiro atoms. The fourth-order valence-corrected chi connectivity index (χ4v) is 3.25. The van der Waals surface area contributed by atoms with Gasteiger partial charge in [0.2, 0.25) is 0 Å². The Bertz CT molecular complexity index is 330. The summed E-state index contributed by atoms with van der Waals surface area (Å²) in [6.45, 7) is 6.73. The molecule has 0 aromatic carbocycles. The first-order valence-corrected chi connectivity index (χ1v) is 8.15. The van der Waals surface area contributed by atoms with Gasteiger partial charge >= 0.3 is 5.97 Å². The molecule has 0 aromatic rings. The maximum absolute atomic E-state index is 12.0. The lowest BCUT2D eigenvalue weighted by atomic mass is 9.94. The number of nitrogens with zero attached hydrogens (tertiary/aromatic N) is 1. The zero-order valence-corrected chi connectivity index (χ0v) is 13.3. The Morgan fingerprint density at radius 1 is 1.35 bits per heavy atom. The van der Waals surface area contributed by atoms with E-state index in [1.807, 2.05) is 6.92 Å². The van der Waals surface area contributed by atoms with Crippen molar-refractivity contribution in [2.75, 3.05) is 20.2 Å². The number of rotatable bonds is 8. The van der Waals surface area contributed by atoms with Crippen LogP contribution in [0.1, 0.15) is 58.8 Å². The Labute approximate surface area is 123 Å². The van der Waals surface area contributed by atoms with Crippen LogP contribution in [-0.2, 0) is 9.53 Å². The second-order valence-electron chi connectivity index (χ2n) is 6.73. The first kappa shape index (κ1) is 15.8. The molecule has 4 nitrogen and oxygen atoms in total. The van der Waals surface area contributed by atoms with Crippen molar-refractivity contribution in [3.8, 4) is 0 Å². The standard InChI is InChI=1S/C16H30N2O2/c1-13-7-6-12-18(13)11-5-4-10-16(2,15(19)20-3)17-14-8-9-14/h13-14,17H,4-12H2,1-3H3. The lowest BCUT2D eigenvalue weighted by Crippen LogP contribution is -2.51. The highest BCUT2D eigenvalue weighted by Gasteiger charge is 2.38. The molecule has 1 saturated carbocycles.